The molecule has 5 fully saturated rings. The van der Waals surface area contributed by atoms with Gasteiger partial charge in [-0.2, -0.15) is 0 Å². The van der Waals surface area contributed by atoms with E-state index >= 15 is 0 Å². The Morgan fingerprint density at radius 1 is 0.816 bits per heavy atom. The molecule has 206 valence electrons. The first-order chi connectivity index (χ1) is 18.6. The third-order valence-corrected chi connectivity index (χ3v) is 11.2. The van der Waals surface area contributed by atoms with Gasteiger partial charge in [-0.1, -0.05) is 44.2 Å². The van der Waals surface area contributed by atoms with Crippen molar-refractivity contribution in [3.63, 3.8) is 0 Å². The van der Waals surface area contributed by atoms with Gasteiger partial charge in [0.05, 0.1) is 17.6 Å². The molecule has 0 spiro atoms. The van der Waals surface area contributed by atoms with Gasteiger partial charge in [-0.05, 0) is 95.2 Å². The first-order valence-corrected chi connectivity index (χ1v) is 16.1. The number of carbonyl (C=O) groups excluding carboxylic acids is 1. The summed E-state index contributed by atoms with van der Waals surface area (Å²) in [5, 5.41) is 0. The fourth-order valence-corrected chi connectivity index (χ4v) is 9.78. The number of para-hydroxylation sites is 2. The second-order valence-electron chi connectivity index (χ2n) is 13.7. The number of piperidine rings is 2. The van der Waals surface area contributed by atoms with Gasteiger partial charge in [0, 0.05) is 36.6 Å². The molecular weight excluding hydrogens is 468 g/mol. The Morgan fingerprint density at radius 2 is 1.55 bits per heavy atom. The van der Waals surface area contributed by atoms with E-state index < -0.39 is 0 Å². The van der Waals surface area contributed by atoms with Crippen molar-refractivity contribution >= 4 is 16.8 Å². The molecule has 38 heavy (non-hydrogen) atoms. The van der Waals surface area contributed by atoms with Crippen molar-refractivity contribution < 1.29 is 4.79 Å². The molecule has 1 aromatic carbocycles. The highest BCUT2D eigenvalue weighted by molar-refractivity contribution is 5.78. The zero-order valence-corrected chi connectivity index (χ0v) is 23.6. The van der Waals surface area contributed by atoms with Gasteiger partial charge >= 0.3 is 0 Å². The fraction of sp³-hybridized carbons (Fsp3) is 0.758. The van der Waals surface area contributed by atoms with Crippen molar-refractivity contribution in [2.24, 2.45) is 11.8 Å². The third-order valence-electron chi connectivity index (χ3n) is 11.2. The first kappa shape index (κ1) is 25.3. The van der Waals surface area contributed by atoms with E-state index in [-0.39, 0.29) is 5.78 Å². The highest BCUT2D eigenvalue weighted by atomic mass is 16.1. The number of imidazole rings is 1. The first-order valence-electron chi connectivity index (χ1n) is 16.1. The molecule has 1 aromatic heterocycles. The van der Waals surface area contributed by atoms with Crippen molar-refractivity contribution in [1.29, 1.82) is 0 Å². The van der Waals surface area contributed by atoms with Crippen molar-refractivity contribution in [1.82, 2.24) is 19.4 Å². The minimum atomic E-state index is 0.285. The molecule has 0 radical (unpaired) electrons. The highest BCUT2D eigenvalue weighted by Crippen LogP contribution is 2.47. The summed E-state index contributed by atoms with van der Waals surface area (Å²) in [6.07, 6.45) is 20.5. The van der Waals surface area contributed by atoms with Crippen LogP contribution in [-0.4, -0.2) is 62.4 Å². The van der Waals surface area contributed by atoms with Crippen LogP contribution in [-0.2, 0) is 11.2 Å². The van der Waals surface area contributed by atoms with Crippen LogP contribution >= 0.6 is 0 Å². The molecule has 5 heteroatoms. The van der Waals surface area contributed by atoms with Crippen LogP contribution < -0.4 is 0 Å². The van der Waals surface area contributed by atoms with Crippen LogP contribution in [0.1, 0.15) is 109 Å². The van der Waals surface area contributed by atoms with E-state index in [1.807, 2.05) is 0 Å². The van der Waals surface area contributed by atoms with Gasteiger partial charge < -0.3 is 4.57 Å². The smallest absolute Gasteiger partial charge is 0.143 e. The fourth-order valence-electron chi connectivity index (χ4n) is 9.78. The molecule has 3 aliphatic heterocycles. The highest BCUT2D eigenvalue weighted by Gasteiger charge is 2.45. The lowest BCUT2D eigenvalue weighted by atomic mass is 9.73. The summed E-state index contributed by atoms with van der Waals surface area (Å²) in [4.78, 5) is 22.7. The number of rotatable bonds is 6. The molecule has 0 amide bonds. The molecular formula is C33H48N4O. The molecule has 4 heterocycles. The summed E-state index contributed by atoms with van der Waals surface area (Å²) in [5.41, 5.74) is 2.49. The van der Waals surface area contributed by atoms with Gasteiger partial charge in [0.25, 0.3) is 0 Å². The molecule has 2 aromatic rings. The van der Waals surface area contributed by atoms with Crippen LogP contribution in [0.4, 0.5) is 0 Å². The second kappa shape index (κ2) is 10.7. The Hall–Kier alpha value is -1.72. The van der Waals surface area contributed by atoms with Gasteiger partial charge in [-0.3, -0.25) is 14.6 Å². The average molecular weight is 517 g/mol. The lowest BCUT2D eigenvalue weighted by Gasteiger charge is -2.54. The van der Waals surface area contributed by atoms with E-state index in [9.17, 15) is 4.79 Å². The number of hydrogen-bond acceptors (Lipinski definition) is 4. The van der Waals surface area contributed by atoms with Crippen molar-refractivity contribution in [2.45, 2.75) is 133 Å². The number of fused-ring (bicyclic) bond motifs is 5. The molecule has 2 unspecified atom stereocenters. The molecule has 2 saturated carbocycles. The van der Waals surface area contributed by atoms with E-state index in [1.54, 1.807) is 6.92 Å². The SMILES string of the molecule is CC(=O)CN1CCC[C@H]1Cc1nc2ccccc2n1C1C[C@H]2CCC[C@@H](C1)N2C1C[C@H]2CCCC[C@@H](C1)C2. The summed E-state index contributed by atoms with van der Waals surface area (Å²) >= 11 is 0. The molecule has 2 aliphatic carbocycles. The van der Waals surface area contributed by atoms with Crippen LogP contribution in [0, 0.1) is 11.8 Å². The van der Waals surface area contributed by atoms with E-state index in [4.69, 9.17) is 4.98 Å². The van der Waals surface area contributed by atoms with Crippen LogP contribution in [0.3, 0.4) is 0 Å². The van der Waals surface area contributed by atoms with Gasteiger partial charge in [-0.15, -0.1) is 0 Å². The normalized spacial score (nSPS) is 36.4. The van der Waals surface area contributed by atoms with E-state index in [2.05, 4.69) is 38.6 Å². The average Bonchev–Trinajstić information content (AvgIpc) is 3.44. The molecule has 5 aliphatic rings. The second-order valence-corrected chi connectivity index (χ2v) is 13.7. The third kappa shape index (κ3) is 4.87. The van der Waals surface area contributed by atoms with E-state index in [0.717, 1.165) is 48.4 Å². The van der Waals surface area contributed by atoms with Crippen LogP contribution in [0.15, 0.2) is 24.3 Å². The number of Topliss-reactive ketones (excluding diaryl/α,β-unsaturated/α-hetero) is 1. The summed E-state index contributed by atoms with van der Waals surface area (Å²) in [6, 6.07) is 12.2. The molecule has 7 rings (SSSR count). The van der Waals surface area contributed by atoms with Crippen molar-refractivity contribution in [3.8, 4) is 0 Å². The summed E-state index contributed by atoms with van der Waals surface area (Å²) < 4.78 is 2.68. The van der Waals surface area contributed by atoms with Crippen molar-refractivity contribution in [2.75, 3.05) is 13.1 Å². The van der Waals surface area contributed by atoms with Gasteiger partial charge in [0.2, 0.25) is 0 Å². The summed E-state index contributed by atoms with van der Waals surface area (Å²) in [6.45, 7) is 3.38. The Morgan fingerprint density at radius 3 is 2.29 bits per heavy atom. The topological polar surface area (TPSA) is 41.4 Å². The minimum absolute atomic E-state index is 0.285. The molecule has 3 saturated heterocycles. The predicted molar refractivity (Wildman–Crippen MR) is 153 cm³/mol. The molecule has 5 nitrogen and oxygen atoms in total. The standard InChI is InChI=1S/C33H48N4O/c1-23(38)22-35-15-7-12-26(35)21-33-34-31-13-4-5-14-32(31)37(33)30-19-27-10-6-11-28(20-30)36(27)29-17-24-8-2-3-9-25(16-24)18-29/h4-5,13-14,24-30H,2-3,6-12,15-22H2,1H3/t24-,25+,26-,27-,28+,29?,30?/m0/s1. The zero-order chi connectivity index (χ0) is 25.6. The molecule has 4 bridgehead atoms. The van der Waals surface area contributed by atoms with E-state index in [0.29, 0.717) is 18.6 Å². The number of benzene rings is 1. The Labute approximate surface area is 229 Å². The Bertz CT molecular complexity index is 1110. The summed E-state index contributed by atoms with van der Waals surface area (Å²) in [7, 11) is 0. The summed E-state index contributed by atoms with van der Waals surface area (Å²) in [5.74, 6) is 3.54. The number of carbonyl (C=O) groups is 1. The zero-order valence-electron chi connectivity index (χ0n) is 23.6. The number of hydrogen-bond donors (Lipinski definition) is 0. The largest absolute Gasteiger partial charge is 0.325 e. The lowest BCUT2D eigenvalue weighted by molar-refractivity contribution is -0.118. The maximum Gasteiger partial charge on any atom is 0.143 e. The number of ketones is 1. The number of aromatic nitrogens is 2. The monoisotopic (exact) mass is 516 g/mol. The maximum atomic E-state index is 11.9. The number of likely N-dealkylation sites (tertiary alicyclic amines) is 1. The van der Waals surface area contributed by atoms with Gasteiger partial charge in [0.1, 0.15) is 11.6 Å². The Kier molecular flexibility index (Phi) is 7.11. The van der Waals surface area contributed by atoms with Gasteiger partial charge in [-0.25, -0.2) is 4.98 Å². The quantitative estimate of drug-likeness (QED) is 0.437. The maximum absolute atomic E-state index is 11.9. The van der Waals surface area contributed by atoms with Crippen molar-refractivity contribution in [3.05, 3.63) is 30.1 Å². The molecule has 7 atom stereocenters. The van der Waals surface area contributed by atoms with Crippen LogP contribution in [0.2, 0.25) is 0 Å². The predicted octanol–water partition coefficient (Wildman–Crippen LogP) is 6.55. The van der Waals surface area contributed by atoms with Crippen LogP contribution in [0.25, 0.3) is 11.0 Å². The minimum Gasteiger partial charge on any atom is -0.325 e. The van der Waals surface area contributed by atoms with Crippen LogP contribution in [0.5, 0.6) is 0 Å². The lowest BCUT2D eigenvalue weighted by Crippen LogP contribution is -2.58. The molecule has 0 N–H and O–H groups in total. The number of nitrogens with zero attached hydrogens (tertiary/aromatic N) is 4. The van der Waals surface area contributed by atoms with Gasteiger partial charge in [0.15, 0.2) is 0 Å². The Balaban J connectivity index is 1.16. The van der Waals surface area contributed by atoms with E-state index in [1.165, 1.54) is 101 Å².